The minimum atomic E-state index is 0. The summed E-state index contributed by atoms with van der Waals surface area (Å²) in [5.74, 6) is 0.711. The van der Waals surface area contributed by atoms with Crippen LogP contribution in [0.2, 0.25) is 0 Å². The molecule has 0 fully saturated rings. The van der Waals surface area contributed by atoms with Gasteiger partial charge in [0.05, 0.1) is 11.0 Å². The maximum Gasteiger partial charge on any atom is 0.171 e. The third kappa shape index (κ3) is 4.47. The van der Waals surface area contributed by atoms with Crippen LogP contribution in [0.15, 0.2) is 82.5 Å². The van der Waals surface area contributed by atoms with E-state index in [9.17, 15) is 0 Å². The molecule has 0 saturated heterocycles. The smallest absolute Gasteiger partial charge is 0.171 e. The highest BCUT2D eigenvalue weighted by Crippen LogP contribution is 2.31. The van der Waals surface area contributed by atoms with Gasteiger partial charge in [-0.1, -0.05) is 24.3 Å². The zero-order valence-corrected chi connectivity index (χ0v) is 20.0. The maximum atomic E-state index is 9.13. The number of fused-ring (bicyclic) bond motifs is 4. The minimum Gasteiger partial charge on any atom is -1.00 e. The van der Waals surface area contributed by atoms with Crippen LogP contribution in [0, 0.1) is 0 Å². The van der Waals surface area contributed by atoms with Crippen molar-refractivity contribution in [1.82, 2.24) is 4.98 Å². The van der Waals surface area contributed by atoms with Crippen molar-refractivity contribution >= 4 is 33.2 Å². The molecule has 1 aliphatic carbocycles. The third-order valence-electron chi connectivity index (χ3n) is 5.96. The summed E-state index contributed by atoms with van der Waals surface area (Å²) in [5, 5.41) is 12.0. The van der Waals surface area contributed by atoms with E-state index in [1.54, 1.807) is 0 Å². The van der Waals surface area contributed by atoms with E-state index in [-0.39, 0.29) is 19.0 Å². The summed E-state index contributed by atoms with van der Waals surface area (Å²) in [6, 6.07) is 20.2. The Hall–Kier alpha value is -3.48. The number of nitrogens with zero attached hydrogens (tertiary/aromatic N) is 4. The largest absolute Gasteiger partial charge is 1.00 e. The van der Waals surface area contributed by atoms with Gasteiger partial charge in [-0.25, -0.2) is 14.5 Å². The molecule has 2 aliphatic rings. The van der Waals surface area contributed by atoms with Crippen LogP contribution in [0.3, 0.4) is 0 Å². The van der Waals surface area contributed by atoms with Crippen LogP contribution in [-0.4, -0.2) is 29.8 Å². The van der Waals surface area contributed by atoms with Gasteiger partial charge in [-0.2, -0.15) is 0 Å². The van der Waals surface area contributed by atoms with Crippen LogP contribution in [-0.2, 0) is 6.54 Å². The second-order valence-corrected chi connectivity index (χ2v) is 7.96. The molecule has 0 radical (unpaired) electrons. The van der Waals surface area contributed by atoms with Crippen molar-refractivity contribution in [3.63, 3.8) is 0 Å². The van der Waals surface area contributed by atoms with Gasteiger partial charge in [0.25, 0.3) is 0 Å². The number of aliphatic hydroxyl groups excluding tert-OH is 1. The zero-order chi connectivity index (χ0) is 22.8. The summed E-state index contributed by atoms with van der Waals surface area (Å²) in [6.45, 7) is 6.84. The van der Waals surface area contributed by atoms with Gasteiger partial charge in [0, 0.05) is 53.8 Å². The molecule has 5 rings (SSSR count). The number of benzene rings is 3. The van der Waals surface area contributed by atoms with E-state index in [2.05, 4.69) is 43.0 Å². The monoisotopic (exact) mass is 474 g/mol. The van der Waals surface area contributed by atoms with Gasteiger partial charge in [0.15, 0.2) is 30.3 Å². The van der Waals surface area contributed by atoms with Crippen LogP contribution in [0.1, 0.15) is 13.8 Å². The Morgan fingerprint density at radius 3 is 2.41 bits per heavy atom. The molecule has 6 nitrogen and oxygen atoms in total. The zero-order valence-electron chi connectivity index (χ0n) is 19.3. The van der Waals surface area contributed by atoms with Crippen molar-refractivity contribution in [3.05, 3.63) is 78.4 Å². The molecule has 174 valence electrons. The number of pyridine rings is 1. The Labute approximate surface area is 204 Å². The van der Waals surface area contributed by atoms with Gasteiger partial charge in [-0.05, 0) is 26.0 Å². The van der Waals surface area contributed by atoms with Crippen LogP contribution in [0.25, 0.3) is 33.3 Å². The van der Waals surface area contributed by atoms with Gasteiger partial charge in [-0.15, -0.1) is 0 Å². The number of anilines is 1. The van der Waals surface area contributed by atoms with E-state index >= 15 is 0 Å². The van der Waals surface area contributed by atoms with Gasteiger partial charge in [0.1, 0.15) is 17.8 Å². The van der Waals surface area contributed by atoms with Crippen molar-refractivity contribution in [2.24, 2.45) is 4.99 Å². The summed E-state index contributed by atoms with van der Waals surface area (Å²) in [4.78, 5) is 12.1. The first kappa shape index (κ1) is 23.7. The quantitative estimate of drug-likeness (QED) is 0.230. The Kier molecular flexibility index (Phi) is 7.10. The number of aromatic nitrogens is 2. The number of halogens is 1. The van der Waals surface area contributed by atoms with Crippen LogP contribution < -0.4 is 27.2 Å². The molecular formula is C27H27ClN4O2. The predicted molar refractivity (Wildman–Crippen MR) is 131 cm³/mol. The summed E-state index contributed by atoms with van der Waals surface area (Å²) in [5.41, 5.74) is 4.40. The molecule has 1 N–H and O–H groups in total. The molecule has 7 heteroatoms. The Bertz CT molecular complexity index is 1460. The molecule has 0 atom stereocenters. The molecule has 34 heavy (non-hydrogen) atoms. The lowest BCUT2D eigenvalue weighted by Gasteiger charge is -2.21. The van der Waals surface area contributed by atoms with Crippen molar-refractivity contribution in [2.75, 3.05) is 24.6 Å². The second-order valence-electron chi connectivity index (χ2n) is 7.96. The Morgan fingerprint density at radius 1 is 0.971 bits per heavy atom. The lowest BCUT2D eigenvalue weighted by molar-refractivity contribution is -0.698. The fraction of sp³-hybridized carbons (Fsp3) is 0.222. The number of rotatable bonds is 6. The fourth-order valence-electron chi connectivity index (χ4n) is 4.23. The van der Waals surface area contributed by atoms with Crippen LogP contribution in [0.4, 0.5) is 11.4 Å². The molecule has 2 aromatic carbocycles. The van der Waals surface area contributed by atoms with Crippen molar-refractivity contribution in [2.45, 2.75) is 20.4 Å². The normalized spacial score (nSPS) is 11.8. The number of hydrogen-bond donors (Lipinski definition) is 1. The van der Waals surface area contributed by atoms with Gasteiger partial charge >= 0.3 is 0 Å². The molecule has 1 aliphatic heterocycles. The first-order valence-electron chi connectivity index (χ1n) is 11.4. The summed E-state index contributed by atoms with van der Waals surface area (Å²) >= 11 is 0. The van der Waals surface area contributed by atoms with Crippen molar-refractivity contribution in [3.8, 4) is 11.5 Å². The molecular weight excluding hydrogens is 448 g/mol. The molecule has 3 aromatic rings. The molecule has 0 bridgehead atoms. The predicted octanol–water partition coefficient (Wildman–Crippen LogP) is 1.45. The van der Waals surface area contributed by atoms with E-state index in [1.165, 1.54) is 0 Å². The number of aliphatic hydroxyl groups is 1. The minimum absolute atomic E-state index is 0. The first-order chi connectivity index (χ1) is 16.2. The summed E-state index contributed by atoms with van der Waals surface area (Å²) in [6.07, 6.45) is 3.85. The van der Waals surface area contributed by atoms with E-state index in [1.807, 2.05) is 53.4 Å². The molecule has 0 amide bonds. The van der Waals surface area contributed by atoms with Gasteiger partial charge in [-0.3, -0.25) is 0 Å². The highest BCUT2D eigenvalue weighted by molar-refractivity contribution is 5.96. The summed E-state index contributed by atoms with van der Waals surface area (Å²) in [7, 11) is 0. The third-order valence-corrected chi connectivity index (χ3v) is 5.96. The average molecular weight is 475 g/mol. The fourth-order valence-corrected chi connectivity index (χ4v) is 4.23. The lowest BCUT2D eigenvalue weighted by Crippen LogP contribution is -3.00. The van der Waals surface area contributed by atoms with E-state index in [0.29, 0.717) is 12.3 Å². The van der Waals surface area contributed by atoms with Crippen LogP contribution in [0.5, 0.6) is 0 Å². The lowest BCUT2D eigenvalue weighted by atomic mass is 10.0. The number of hydrogen-bond acceptors (Lipinski definition) is 5. The van der Waals surface area contributed by atoms with Crippen LogP contribution >= 0.6 is 0 Å². The maximum absolute atomic E-state index is 9.13. The SMILES string of the molecule is CCN(CC)c1ccc2nc3c4ccccc4c(=Nc4cc[n+](CCO)cc4)cc-3oc2c1.[Cl-]. The topological polar surface area (TPSA) is 65.7 Å². The molecule has 1 aromatic heterocycles. The van der Waals surface area contributed by atoms with Crippen molar-refractivity contribution in [1.29, 1.82) is 0 Å². The standard InChI is InChI=1S/C27H27N4O2.ClH/c1-3-31(4-2)20-9-10-23-25(17-20)33-26-18-24(21-7-5-6-8-22(21)27(26)29-23)28-19-11-13-30(14-12-19)15-16-32;/h5-14,17-18,32H,3-4,15-16H2,1-2H3;1H/q+1;/p-1. The highest BCUT2D eigenvalue weighted by Gasteiger charge is 2.15. The molecule has 2 heterocycles. The average Bonchev–Trinajstić information content (AvgIpc) is 2.85. The van der Waals surface area contributed by atoms with Crippen molar-refractivity contribution < 1.29 is 26.5 Å². The molecule has 0 unspecified atom stereocenters. The highest BCUT2D eigenvalue weighted by atomic mass is 35.5. The second kappa shape index (κ2) is 10.2. The van der Waals surface area contributed by atoms with Gasteiger partial charge in [0.2, 0.25) is 0 Å². The van der Waals surface area contributed by atoms with Gasteiger partial charge < -0.3 is 26.8 Å². The Balaban J connectivity index is 0.00000274. The molecule has 0 saturated carbocycles. The van der Waals surface area contributed by atoms with E-state index < -0.39 is 0 Å². The van der Waals surface area contributed by atoms with E-state index in [0.717, 1.165) is 57.4 Å². The van der Waals surface area contributed by atoms with E-state index in [4.69, 9.17) is 19.5 Å². The first-order valence-corrected chi connectivity index (χ1v) is 11.4. The summed E-state index contributed by atoms with van der Waals surface area (Å²) < 4.78 is 8.31. The Morgan fingerprint density at radius 2 is 1.71 bits per heavy atom. The molecule has 0 spiro atoms.